The Morgan fingerprint density at radius 3 is 2.12 bits per heavy atom. The summed E-state index contributed by atoms with van der Waals surface area (Å²) in [5.74, 6) is 0. The van der Waals surface area contributed by atoms with Crippen LogP contribution in [0.15, 0.2) is 36.9 Å². The van der Waals surface area contributed by atoms with Crippen molar-refractivity contribution in [2.24, 2.45) is 0 Å². The van der Waals surface area contributed by atoms with Gasteiger partial charge in [-0.25, -0.2) is 0 Å². The van der Waals surface area contributed by atoms with Crippen LogP contribution in [0.5, 0.6) is 0 Å². The first-order chi connectivity index (χ1) is 8.17. The van der Waals surface area contributed by atoms with E-state index in [0.29, 0.717) is 6.17 Å². The van der Waals surface area contributed by atoms with Crippen molar-refractivity contribution in [3.8, 4) is 0 Å². The van der Waals surface area contributed by atoms with E-state index < -0.39 is 8.80 Å². The zero-order valence-electron chi connectivity index (χ0n) is 10.5. The molecule has 0 atom stereocenters. The Balaban J connectivity index is 2.59. The summed E-state index contributed by atoms with van der Waals surface area (Å²) in [6.07, 6.45) is 0.490. The van der Waals surface area contributed by atoms with Gasteiger partial charge in [0.05, 0.1) is 6.17 Å². The van der Waals surface area contributed by atoms with Crippen molar-refractivity contribution in [3.05, 3.63) is 42.5 Å². The van der Waals surface area contributed by atoms with Gasteiger partial charge >= 0.3 is 8.80 Å². The lowest BCUT2D eigenvalue weighted by molar-refractivity contribution is 0.123. The van der Waals surface area contributed by atoms with Crippen LogP contribution in [0, 0.1) is 0 Å². The van der Waals surface area contributed by atoms with Gasteiger partial charge in [0.2, 0.25) is 0 Å². The van der Waals surface area contributed by atoms with Gasteiger partial charge in [-0.1, -0.05) is 36.9 Å². The van der Waals surface area contributed by atoms with Gasteiger partial charge in [0.15, 0.2) is 0 Å². The minimum absolute atomic E-state index is 0.490. The second kappa shape index (κ2) is 6.56. The van der Waals surface area contributed by atoms with Gasteiger partial charge in [-0.15, -0.1) is 0 Å². The van der Waals surface area contributed by atoms with Crippen LogP contribution in [0.3, 0.4) is 0 Å². The molecule has 0 fully saturated rings. The fourth-order valence-corrected chi connectivity index (χ4v) is 2.79. The van der Waals surface area contributed by atoms with Crippen molar-refractivity contribution in [1.29, 1.82) is 0 Å². The number of hydrogen-bond acceptors (Lipinski definition) is 4. The Morgan fingerprint density at radius 1 is 1.12 bits per heavy atom. The molecule has 1 N–H and O–H groups in total. The molecule has 0 aliphatic rings. The molecule has 5 heteroatoms. The molecule has 0 saturated heterocycles. The molecule has 0 saturated carbocycles. The first-order valence-corrected chi connectivity index (χ1v) is 7.24. The zero-order chi connectivity index (χ0) is 12.7. The highest BCUT2D eigenvalue weighted by atomic mass is 28.4. The van der Waals surface area contributed by atoms with E-state index in [0.717, 1.165) is 11.3 Å². The molecule has 1 rings (SSSR count). The standard InChI is InChI=1S/C12H19NO3Si/c1-11(12-8-6-5-7-9-12)13-10-17(14-2,15-3)16-4/h5-9,13H,1,10H2,2-4H3. The third kappa shape index (κ3) is 3.67. The molecule has 0 amide bonds. The highest BCUT2D eigenvalue weighted by Crippen LogP contribution is 2.10. The second-order valence-corrected chi connectivity index (χ2v) is 6.44. The van der Waals surface area contributed by atoms with Crippen LogP contribution >= 0.6 is 0 Å². The summed E-state index contributed by atoms with van der Waals surface area (Å²) >= 11 is 0. The molecule has 0 aromatic heterocycles. The van der Waals surface area contributed by atoms with Gasteiger partial charge in [-0.3, -0.25) is 0 Å². The lowest BCUT2D eigenvalue weighted by Crippen LogP contribution is -2.51. The Morgan fingerprint density at radius 2 is 1.65 bits per heavy atom. The molecule has 0 aliphatic carbocycles. The quantitative estimate of drug-likeness (QED) is 0.750. The van der Waals surface area contributed by atoms with Gasteiger partial charge in [-0.2, -0.15) is 0 Å². The maximum atomic E-state index is 5.31. The van der Waals surface area contributed by atoms with E-state index in [4.69, 9.17) is 13.3 Å². The lowest BCUT2D eigenvalue weighted by Gasteiger charge is -2.25. The minimum Gasteiger partial charge on any atom is -0.381 e. The van der Waals surface area contributed by atoms with Gasteiger partial charge in [-0.05, 0) is 5.56 Å². The predicted octanol–water partition coefficient (Wildman–Crippen LogP) is 1.66. The lowest BCUT2D eigenvalue weighted by atomic mass is 10.2. The van der Waals surface area contributed by atoms with Gasteiger partial charge in [0, 0.05) is 27.0 Å². The van der Waals surface area contributed by atoms with Gasteiger partial charge in [0.25, 0.3) is 0 Å². The van der Waals surface area contributed by atoms with Crippen LogP contribution in [-0.4, -0.2) is 36.3 Å². The number of benzene rings is 1. The third-order valence-electron chi connectivity index (χ3n) is 2.57. The molecular formula is C12H19NO3Si. The van der Waals surface area contributed by atoms with Crippen LogP contribution in [0.4, 0.5) is 0 Å². The van der Waals surface area contributed by atoms with E-state index in [1.807, 2.05) is 30.3 Å². The van der Waals surface area contributed by atoms with Crippen LogP contribution in [0.25, 0.3) is 5.70 Å². The molecule has 0 unspecified atom stereocenters. The molecular weight excluding hydrogens is 234 g/mol. The predicted molar refractivity (Wildman–Crippen MR) is 70.3 cm³/mol. The average Bonchev–Trinajstić information content (AvgIpc) is 2.41. The summed E-state index contributed by atoms with van der Waals surface area (Å²) in [6, 6.07) is 9.89. The minimum atomic E-state index is -2.59. The van der Waals surface area contributed by atoms with Crippen molar-refractivity contribution in [3.63, 3.8) is 0 Å². The van der Waals surface area contributed by atoms with Crippen molar-refractivity contribution in [1.82, 2.24) is 5.32 Å². The van der Waals surface area contributed by atoms with Crippen LogP contribution in [-0.2, 0) is 13.3 Å². The summed E-state index contributed by atoms with van der Waals surface area (Å²) < 4.78 is 15.9. The topological polar surface area (TPSA) is 39.7 Å². The Kier molecular flexibility index (Phi) is 5.37. The second-order valence-electron chi connectivity index (χ2n) is 3.49. The fraction of sp³-hybridized carbons (Fsp3) is 0.333. The molecule has 0 spiro atoms. The number of nitrogens with one attached hydrogen (secondary N) is 1. The van der Waals surface area contributed by atoms with Gasteiger partial charge < -0.3 is 18.6 Å². The maximum absolute atomic E-state index is 5.31. The molecule has 1 aromatic carbocycles. The molecule has 94 valence electrons. The highest BCUT2D eigenvalue weighted by molar-refractivity contribution is 6.60. The summed E-state index contributed by atoms with van der Waals surface area (Å²) in [6.45, 7) is 3.98. The van der Waals surface area contributed by atoms with Gasteiger partial charge in [0.1, 0.15) is 0 Å². The summed E-state index contributed by atoms with van der Waals surface area (Å²) in [5, 5.41) is 3.18. The summed E-state index contributed by atoms with van der Waals surface area (Å²) in [7, 11) is 2.18. The van der Waals surface area contributed by atoms with Crippen molar-refractivity contribution in [2.75, 3.05) is 27.5 Å². The Labute approximate surface area is 104 Å². The average molecular weight is 253 g/mol. The Bertz CT molecular complexity index is 344. The number of rotatable bonds is 7. The molecule has 0 radical (unpaired) electrons. The molecule has 17 heavy (non-hydrogen) atoms. The van der Waals surface area contributed by atoms with Crippen LogP contribution in [0.1, 0.15) is 5.56 Å². The molecule has 0 aliphatic heterocycles. The molecule has 0 bridgehead atoms. The Hall–Kier alpha value is -1.14. The van der Waals surface area contributed by atoms with E-state index >= 15 is 0 Å². The normalized spacial score (nSPS) is 11.2. The molecule has 1 aromatic rings. The largest absolute Gasteiger partial charge is 0.520 e. The number of hydrogen-bond donors (Lipinski definition) is 1. The maximum Gasteiger partial charge on any atom is 0.520 e. The third-order valence-corrected chi connectivity index (χ3v) is 5.05. The van der Waals surface area contributed by atoms with Crippen molar-refractivity contribution in [2.45, 2.75) is 0 Å². The smallest absolute Gasteiger partial charge is 0.381 e. The van der Waals surface area contributed by atoms with Crippen molar-refractivity contribution < 1.29 is 13.3 Å². The zero-order valence-corrected chi connectivity index (χ0v) is 11.5. The first-order valence-electron chi connectivity index (χ1n) is 5.31. The van der Waals surface area contributed by atoms with Crippen molar-refractivity contribution >= 4 is 14.5 Å². The fourth-order valence-electron chi connectivity index (χ4n) is 1.42. The highest BCUT2D eigenvalue weighted by Gasteiger charge is 2.37. The summed E-state index contributed by atoms with van der Waals surface area (Å²) in [5.41, 5.74) is 1.87. The molecule has 0 heterocycles. The summed E-state index contributed by atoms with van der Waals surface area (Å²) in [4.78, 5) is 0. The van der Waals surface area contributed by atoms with E-state index in [1.54, 1.807) is 21.3 Å². The SMILES string of the molecule is C=C(NC[Si](OC)(OC)OC)c1ccccc1. The van der Waals surface area contributed by atoms with Crippen LogP contribution < -0.4 is 5.32 Å². The van der Waals surface area contributed by atoms with E-state index in [-0.39, 0.29) is 0 Å². The van der Waals surface area contributed by atoms with Crippen LogP contribution in [0.2, 0.25) is 0 Å². The van der Waals surface area contributed by atoms with E-state index in [2.05, 4.69) is 11.9 Å². The van der Waals surface area contributed by atoms with E-state index in [9.17, 15) is 0 Å². The monoisotopic (exact) mass is 253 g/mol. The first kappa shape index (κ1) is 13.9. The molecule has 4 nitrogen and oxygen atoms in total. The van der Waals surface area contributed by atoms with E-state index in [1.165, 1.54) is 0 Å².